The molecule has 2 rings (SSSR count). The fourth-order valence-electron chi connectivity index (χ4n) is 1.20. The number of hydrogen-bond donors (Lipinski definition) is 1. The van der Waals surface area contributed by atoms with E-state index in [0.717, 1.165) is 0 Å². The molecule has 0 saturated heterocycles. The lowest BCUT2D eigenvalue weighted by Gasteiger charge is -2.01. The third kappa shape index (κ3) is 2.69. The highest BCUT2D eigenvalue weighted by molar-refractivity contribution is 6.46. The number of amides is 1. The van der Waals surface area contributed by atoms with Gasteiger partial charge < -0.3 is 5.32 Å². The van der Waals surface area contributed by atoms with E-state index in [1.54, 1.807) is 30.3 Å². The van der Waals surface area contributed by atoms with Gasteiger partial charge in [0.1, 0.15) is 0 Å². The van der Waals surface area contributed by atoms with E-state index in [-0.39, 0.29) is 5.82 Å². The van der Waals surface area contributed by atoms with Crippen LogP contribution in [0.1, 0.15) is 10.4 Å². The van der Waals surface area contributed by atoms with Gasteiger partial charge in [0.2, 0.25) is 0 Å². The summed E-state index contributed by atoms with van der Waals surface area (Å²) in [5.41, 5.74) is 0.326. The van der Waals surface area contributed by atoms with Crippen LogP contribution in [0.3, 0.4) is 0 Å². The van der Waals surface area contributed by atoms with Crippen LogP contribution in [-0.2, 0) is 4.79 Å². The van der Waals surface area contributed by atoms with E-state index >= 15 is 0 Å². The molecule has 0 radical (unpaired) electrons. The Morgan fingerprint density at radius 1 is 1.06 bits per heavy atom. The standard InChI is InChI=1S/C11H8N4O2/c16-10(8-4-2-1-3-5-8)11(17)13-9-6-7-12-15-14-9/h1-7H,(H,12,13,14,17). The Hall–Kier alpha value is -2.63. The van der Waals surface area contributed by atoms with Crippen molar-refractivity contribution in [1.29, 1.82) is 0 Å². The van der Waals surface area contributed by atoms with Gasteiger partial charge in [0, 0.05) is 11.6 Å². The molecule has 0 saturated carbocycles. The number of aromatic nitrogens is 3. The van der Waals surface area contributed by atoms with Gasteiger partial charge in [-0.3, -0.25) is 9.59 Å². The van der Waals surface area contributed by atoms with Crippen molar-refractivity contribution in [2.45, 2.75) is 0 Å². The number of nitrogens with zero attached hydrogens (tertiary/aromatic N) is 3. The van der Waals surface area contributed by atoms with Crippen molar-refractivity contribution in [3.8, 4) is 0 Å². The number of Topliss-reactive ketones (excluding diaryl/α,β-unsaturated/α-hetero) is 1. The zero-order chi connectivity index (χ0) is 12.1. The van der Waals surface area contributed by atoms with Gasteiger partial charge in [-0.2, -0.15) is 0 Å². The molecule has 0 atom stereocenters. The van der Waals surface area contributed by atoms with Gasteiger partial charge in [0.05, 0.1) is 6.20 Å². The summed E-state index contributed by atoms with van der Waals surface area (Å²) in [6, 6.07) is 9.73. The second kappa shape index (κ2) is 4.93. The lowest BCUT2D eigenvalue weighted by molar-refractivity contribution is -0.112. The fourth-order valence-corrected chi connectivity index (χ4v) is 1.20. The summed E-state index contributed by atoms with van der Waals surface area (Å²) in [7, 11) is 0. The maximum atomic E-state index is 11.7. The highest BCUT2D eigenvalue weighted by atomic mass is 16.2. The Balaban J connectivity index is 2.09. The van der Waals surface area contributed by atoms with E-state index in [0.29, 0.717) is 5.56 Å². The Morgan fingerprint density at radius 3 is 2.47 bits per heavy atom. The molecule has 0 spiro atoms. The van der Waals surface area contributed by atoms with Crippen molar-refractivity contribution in [3.05, 3.63) is 48.2 Å². The van der Waals surface area contributed by atoms with E-state index in [1.165, 1.54) is 12.3 Å². The Bertz CT molecular complexity index is 528. The zero-order valence-corrected chi connectivity index (χ0v) is 8.70. The Morgan fingerprint density at radius 2 is 1.82 bits per heavy atom. The van der Waals surface area contributed by atoms with Gasteiger partial charge in [0.25, 0.3) is 11.7 Å². The molecule has 2 aromatic rings. The minimum atomic E-state index is -0.753. The Kier molecular flexibility index (Phi) is 3.15. The van der Waals surface area contributed by atoms with Gasteiger partial charge in [-0.05, 0) is 5.21 Å². The van der Waals surface area contributed by atoms with Crippen LogP contribution in [0, 0.1) is 0 Å². The van der Waals surface area contributed by atoms with Crippen LogP contribution >= 0.6 is 0 Å². The average molecular weight is 228 g/mol. The van der Waals surface area contributed by atoms with Crippen LogP contribution in [0.15, 0.2) is 42.6 Å². The van der Waals surface area contributed by atoms with Crippen LogP contribution in [0.25, 0.3) is 0 Å². The second-order valence-corrected chi connectivity index (χ2v) is 3.16. The van der Waals surface area contributed by atoms with Gasteiger partial charge in [-0.25, -0.2) is 0 Å². The van der Waals surface area contributed by atoms with E-state index < -0.39 is 11.7 Å². The lowest BCUT2D eigenvalue weighted by Crippen LogP contribution is -2.23. The topological polar surface area (TPSA) is 84.8 Å². The lowest BCUT2D eigenvalue weighted by atomic mass is 10.1. The molecule has 1 aromatic heterocycles. The van der Waals surface area contributed by atoms with E-state index in [9.17, 15) is 9.59 Å². The van der Waals surface area contributed by atoms with Crippen LogP contribution in [0.2, 0.25) is 0 Å². The van der Waals surface area contributed by atoms with Crippen LogP contribution in [-0.4, -0.2) is 27.1 Å². The van der Waals surface area contributed by atoms with Crippen molar-refractivity contribution in [2.75, 3.05) is 5.32 Å². The first kappa shape index (κ1) is 10.9. The molecule has 1 amide bonds. The molecule has 0 bridgehead atoms. The summed E-state index contributed by atoms with van der Waals surface area (Å²) in [5, 5.41) is 12.7. The number of nitrogens with one attached hydrogen (secondary N) is 1. The number of benzene rings is 1. The predicted molar refractivity (Wildman–Crippen MR) is 59.2 cm³/mol. The average Bonchev–Trinajstić information content (AvgIpc) is 2.40. The van der Waals surface area contributed by atoms with E-state index in [4.69, 9.17) is 0 Å². The van der Waals surface area contributed by atoms with Crippen molar-refractivity contribution >= 4 is 17.5 Å². The highest BCUT2D eigenvalue weighted by Gasteiger charge is 2.16. The summed E-state index contributed by atoms with van der Waals surface area (Å²) in [5.74, 6) is -1.19. The largest absolute Gasteiger partial charge is 0.302 e. The normalized spacial score (nSPS) is 9.65. The summed E-state index contributed by atoms with van der Waals surface area (Å²) in [4.78, 5) is 23.2. The first-order valence-electron chi connectivity index (χ1n) is 4.82. The molecular formula is C11H8N4O2. The van der Waals surface area contributed by atoms with Crippen LogP contribution in [0.4, 0.5) is 5.82 Å². The molecule has 17 heavy (non-hydrogen) atoms. The van der Waals surface area contributed by atoms with E-state index in [1.807, 2.05) is 0 Å². The maximum absolute atomic E-state index is 11.7. The summed E-state index contributed by atoms with van der Waals surface area (Å²) in [6.07, 6.45) is 1.37. The number of ketones is 1. The summed E-state index contributed by atoms with van der Waals surface area (Å²) >= 11 is 0. The first-order valence-corrected chi connectivity index (χ1v) is 4.82. The molecule has 0 aliphatic rings. The number of rotatable bonds is 3. The number of hydrogen-bond acceptors (Lipinski definition) is 5. The maximum Gasteiger partial charge on any atom is 0.297 e. The first-order chi connectivity index (χ1) is 8.27. The number of anilines is 1. The number of carbonyl (C=O) groups is 2. The molecule has 0 aliphatic heterocycles. The molecule has 6 heteroatoms. The Labute approximate surface area is 96.7 Å². The van der Waals surface area contributed by atoms with Gasteiger partial charge in [-0.1, -0.05) is 30.3 Å². The second-order valence-electron chi connectivity index (χ2n) is 3.16. The minimum Gasteiger partial charge on any atom is -0.302 e. The van der Waals surface area contributed by atoms with Gasteiger partial charge >= 0.3 is 0 Å². The molecule has 0 aliphatic carbocycles. The SMILES string of the molecule is O=C(Nc1ccnnn1)C(=O)c1ccccc1. The van der Waals surface area contributed by atoms with Crippen molar-refractivity contribution in [1.82, 2.24) is 15.4 Å². The monoisotopic (exact) mass is 228 g/mol. The molecule has 1 aromatic carbocycles. The minimum absolute atomic E-state index is 0.189. The van der Waals surface area contributed by atoms with Crippen molar-refractivity contribution in [3.63, 3.8) is 0 Å². The highest BCUT2D eigenvalue weighted by Crippen LogP contribution is 2.03. The van der Waals surface area contributed by atoms with Crippen molar-refractivity contribution < 1.29 is 9.59 Å². The van der Waals surface area contributed by atoms with Crippen LogP contribution < -0.4 is 5.32 Å². The quantitative estimate of drug-likeness (QED) is 0.617. The number of carbonyl (C=O) groups excluding carboxylic acids is 2. The fraction of sp³-hybridized carbons (Fsp3) is 0. The van der Waals surface area contributed by atoms with Gasteiger partial charge in [-0.15, -0.1) is 10.2 Å². The predicted octanol–water partition coefficient (Wildman–Crippen LogP) is 0.693. The summed E-state index contributed by atoms with van der Waals surface area (Å²) < 4.78 is 0. The van der Waals surface area contributed by atoms with Crippen molar-refractivity contribution in [2.24, 2.45) is 0 Å². The third-order valence-electron chi connectivity index (χ3n) is 1.99. The van der Waals surface area contributed by atoms with Gasteiger partial charge in [0.15, 0.2) is 5.82 Å². The zero-order valence-electron chi connectivity index (χ0n) is 8.70. The molecule has 0 fully saturated rings. The van der Waals surface area contributed by atoms with E-state index in [2.05, 4.69) is 20.7 Å². The summed E-state index contributed by atoms with van der Waals surface area (Å²) in [6.45, 7) is 0. The molecule has 1 heterocycles. The molecule has 6 nitrogen and oxygen atoms in total. The molecule has 1 N–H and O–H groups in total. The molecule has 0 unspecified atom stereocenters. The molecule has 84 valence electrons. The third-order valence-corrected chi connectivity index (χ3v) is 1.99. The molecular weight excluding hydrogens is 220 g/mol. The van der Waals surface area contributed by atoms with Crippen LogP contribution in [0.5, 0.6) is 0 Å². The smallest absolute Gasteiger partial charge is 0.297 e.